The van der Waals surface area contributed by atoms with Crippen LogP contribution in [0.1, 0.15) is 41.0 Å². The van der Waals surface area contributed by atoms with Gasteiger partial charge in [-0.25, -0.2) is 9.07 Å². The van der Waals surface area contributed by atoms with Crippen molar-refractivity contribution in [3.05, 3.63) is 112 Å². The van der Waals surface area contributed by atoms with E-state index in [1.165, 1.54) is 27.8 Å². The average Bonchev–Trinajstić information content (AvgIpc) is 3.24. The van der Waals surface area contributed by atoms with E-state index >= 15 is 0 Å². The Hall–Kier alpha value is -4.26. The number of hydrogen-bond donors (Lipinski definition) is 1. The highest BCUT2D eigenvalue weighted by Crippen LogP contribution is 2.22. The Bertz CT molecular complexity index is 1390. The van der Waals surface area contributed by atoms with Gasteiger partial charge in [0.15, 0.2) is 5.78 Å². The van der Waals surface area contributed by atoms with Gasteiger partial charge in [0.25, 0.3) is 11.5 Å². The van der Waals surface area contributed by atoms with Crippen LogP contribution < -0.4 is 5.56 Å². The lowest BCUT2D eigenvalue weighted by Gasteiger charge is -2.28. The summed E-state index contributed by atoms with van der Waals surface area (Å²) in [6.07, 6.45) is 0.556. The molecule has 3 aromatic carbocycles. The van der Waals surface area contributed by atoms with Crippen LogP contribution >= 0.6 is 0 Å². The second-order valence-corrected chi connectivity index (χ2v) is 8.30. The molecule has 35 heavy (non-hydrogen) atoms. The summed E-state index contributed by atoms with van der Waals surface area (Å²) in [5, 5.41) is 3.07. The Morgan fingerprint density at radius 1 is 0.943 bits per heavy atom. The molecule has 6 nitrogen and oxygen atoms in total. The second-order valence-electron chi connectivity index (χ2n) is 8.30. The van der Waals surface area contributed by atoms with Crippen LogP contribution in [0.4, 0.5) is 4.39 Å². The number of aromatic amines is 1. The summed E-state index contributed by atoms with van der Waals surface area (Å²) in [4.78, 5) is 41.7. The molecule has 4 aromatic rings. The van der Waals surface area contributed by atoms with Crippen molar-refractivity contribution in [1.82, 2.24) is 14.7 Å². The number of Topliss-reactive ketones (excluding diaryl/α,β-unsaturated/α-hetero) is 1. The predicted octanol–water partition coefficient (Wildman–Crippen LogP) is 5.10. The van der Waals surface area contributed by atoms with Gasteiger partial charge in [0.05, 0.1) is 23.5 Å². The average molecular weight is 472 g/mol. The molecule has 1 unspecified atom stereocenters. The number of amides is 1. The number of rotatable bonds is 8. The van der Waals surface area contributed by atoms with Gasteiger partial charge in [-0.15, -0.1) is 0 Å². The Labute approximate surface area is 202 Å². The van der Waals surface area contributed by atoms with Crippen LogP contribution in [0.5, 0.6) is 0 Å². The predicted molar refractivity (Wildman–Crippen MR) is 133 cm³/mol. The highest BCUT2D eigenvalue weighted by Gasteiger charge is 2.29. The third-order valence-electron chi connectivity index (χ3n) is 6.05. The molecule has 0 saturated heterocycles. The minimum Gasteiger partial charge on any atom is -0.328 e. The molecule has 0 bridgehead atoms. The molecule has 178 valence electrons. The zero-order valence-electron chi connectivity index (χ0n) is 19.6. The van der Waals surface area contributed by atoms with E-state index in [4.69, 9.17) is 0 Å². The van der Waals surface area contributed by atoms with Gasteiger partial charge < -0.3 is 4.90 Å². The molecule has 0 aliphatic carbocycles. The molecule has 0 spiro atoms. The van der Waals surface area contributed by atoms with Gasteiger partial charge in [-0.1, -0.05) is 67.6 Å². The number of H-pyrrole nitrogens is 1. The first-order chi connectivity index (χ1) is 16.9. The maximum atomic E-state index is 14.4. The standard InChI is InChI=1S/C28H26FN3O3/c1-3-19(2)31(27(34)22-16-10-11-17-23(22)29)18-24(33)25-26(20-12-6-4-7-13-20)30-32(28(25)35)21-14-8-5-9-15-21/h4-17,19,30H,3,18H2,1-2H3. The summed E-state index contributed by atoms with van der Waals surface area (Å²) in [6.45, 7) is 3.32. The van der Waals surface area contributed by atoms with E-state index in [1.807, 2.05) is 31.2 Å². The molecule has 4 rings (SSSR count). The normalized spacial score (nSPS) is 11.7. The molecule has 1 N–H and O–H groups in total. The van der Waals surface area contributed by atoms with E-state index < -0.39 is 23.1 Å². The lowest BCUT2D eigenvalue weighted by atomic mass is 10.0. The highest BCUT2D eigenvalue weighted by atomic mass is 19.1. The first kappa shape index (κ1) is 23.9. The lowest BCUT2D eigenvalue weighted by Crippen LogP contribution is -2.43. The fourth-order valence-corrected chi connectivity index (χ4v) is 3.94. The number of carbonyl (C=O) groups is 2. The van der Waals surface area contributed by atoms with Crippen LogP contribution in [-0.2, 0) is 0 Å². The Kier molecular flexibility index (Phi) is 7.06. The van der Waals surface area contributed by atoms with Crippen molar-refractivity contribution in [2.75, 3.05) is 6.54 Å². The van der Waals surface area contributed by atoms with E-state index in [2.05, 4.69) is 5.10 Å². The number of nitrogens with zero attached hydrogens (tertiary/aromatic N) is 2. The van der Waals surface area contributed by atoms with Crippen LogP contribution in [0.25, 0.3) is 16.9 Å². The monoisotopic (exact) mass is 471 g/mol. The van der Waals surface area contributed by atoms with Crippen molar-refractivity contribution >= 4 is 11.7 Å². The molecule has 0 aliphatic rings. The number of nitrogens with one attached hydrogen (secondary N) is 1. The van der Waals surface area contributed by atoms with Crippen LogP contribution in [0.2, 0.25) is 0 Å². The smallest absolute Gasteiger partial charge is 0.282 e. The van der Waals surface area contributed by atoms with Crippen molar-refractivity contribution < 1.29 is 14.0 Å². The third kappa shape index (κ3) is 4.84. The van der Waals surface area contributed by atoms with E-state index in [-0.39, 0.29) is 23.7 Å². The number of aromatic nitrogens is 2. The topological polar surface area (TPSA) is 75.2 Å². The van der Waals surface area contributed by atoms with Gasteiger partial charge in [0, 0.05) is 11.6 Å². The molecular formula is C28H26FN3O3. The number of benzene rings is 3. The number of ketones is 1. The summed E-state index contributed by atoms with van der Waals surface area (Å²) in [5.41, 5.74) is 0.942. The van der Waals surface area contributed by atoms with Gasteiger partial charge in [0.1, 0.15) is 11.4 Å². The van der Waals surface area contributed by atoms with Gasteiger partial charge in [-0.3, -0.25) is 19.5 Å². The van der Waals surface area contributed by atoms with Crippen molar-refractivity contribution in [2.24, 2.45) is 0 Å². The van der Waals surface area contributed by atoms with Crippen molar-refractivity contribution in [2.45, 2.75) is 26.3 Å². The molecule has 0 fully saturated rings. The first-order valence-electron chi connectivity index (χ1n) is 11.5. The fraction of sp³-hybridized carbons (Fsp3) is 0.179. The van der Waals surface area contributed by atoms with E-state index in [9.17, 15) is 18.8 Å². The van der Waals surface area contributed by atoms with Gasteiger partial charge in [0.2, 0.25) is 0 Å². The summed E-state index contributed by atoms with van der Waals surface area (Å²) in [6, 6.07) is 23.3. The number of carbonyl (C=O) groups excluding carboxylic acids is 2. The number of halogens is 1. The number of para-hydroxylation sites is 1. The minimum absolute atomic E-state index is 0.0466. The minimum atomic E-state index is -0.656. The molecule has 1 amide bonds. The van der Waals surface area contributed by atoms with Crippen LogP contribution in [0.15, 0.2) is 89.7 Å². The number of hydrogen-bond acceptors (Lipinski definition) is 3. The van der Waals surface area contributed by atoms with E-state index in [0.717, 1.165) is 0 Å². The fourth-order valence-electron chi connectivity index (χ4n) is 3.94. The summed E-state index contributed by atoms with van der Waals surface area (Å²) in [5.74, 6) is -1.77. The molecule has 7 heteroatoms. The molecule has 0 radical (unpaired) electrons. The molecule has 1 heterocycles. The third-order valence-corrected chi connectivity index (χ3v) is 6.05. The molecule has 1 aromatic heterocycles. The molecule has 0 saturated carbocycles. The van der Waals surface area contributed by atoms with Crippen LogP contribution in [0.3, 0.4) is 0 Å². The lowest BCUT2D eigenvalue weighted by molar-refractivity contribution is 0.0641. The highest BCUT2D eigenvalue weighted by molar-refractivity contribution is 6.05. The molecule has 0 aliphatic heterocycles. The maximum absolute atomic E-state index is 14.4. The maximum Gasteiger partial charge on any atom is 0.282 e. The van der Waals surface area contributed by atoms with Crippen molar-refractivity contribution in [3.8, 4) is 16.9 Å². The first-order valence-corrected chi connectivity index (χ1v) is 11.5. The summed E-state index contributed by atoms with van der Waals surface area (Å²) >= 11 is 0. The van der Waals surface area contributed by atoms with E-state index in [1.54, 1.807) is 49.4 Å². The van der Waals surface area contributed by atoms with Gasteiger partial charge in [-0.05, 0) is 37.6 Å². The van der Waals surface area contributed by atoms with Crippen molar-refractivity contribution in [3.63, 3.8) is 0 Å². The Morgan fingerprint density at radius 3 is 2.17 bits per heavy atom. The van der Waals surface area contributed by atoms with E-state index in [0.29, 0.717) is 23.4 Å². The Balaban J connectivity index is 1.78. The largest absolute Gasteiger partial charge is 0.328 e. The summed E-state index contributed by atoms with van der Waals surface area (Å²) < 4.78 is 15.7. The SMILES string of the molecule is CCC(C)N(CC(=O)c1c(-c2ccccc2)[nH]n(-c2ccccc2)c1=O)C(=O)c1ccccc1F. The summed E-state index contributed by atoms with van der Waals surface area (Å²) in [7, 11) is 0. The van der Waals surface area contributed by atoms with Crippen molar-refractivity contribution in [1.29, 1.82) is 0 Å². The zero-order valence-corrected chi connectivity index (χ0v) is 19.6. The molecule has 1 atom stereocenters. The van der Waals surface area contributed by atoms with Gasteiger partial charge in [-0.2, -0.15) is 0 Å². The molecular weight excluding hydrogens is 445 g/mol. The second kappa shape index (κ2) is 10.3. The van der Waals surface area contributed by atoms with Crippen LogP contribution in [-0.4, -0.2) is 39.0 Å². The van der Waals surface area contributed by atoms with Gasteiger partial charge >= 0.3 is 0 Å². The zero-order chi connectivity index (χ0) is 24.9. The van der Waals surface area contributed by atoms with Crippen LogP contribution in [0, 0.1) is 5.82 Å². The Morgan fingerprint density at radius 2 is 1.54 bits per heavy atom. The quantitative estimate of drug-likeness (QED) is 0.364.